The lowest BCUT2D eigenvalue weighted by molar-refractivity contribution is 0.278. The van der Waals surface area contributed by atoms with Crippen LogP contribution < -0.4 is 0 Å². The van der Waals surface area contributed by atoms with Crippen LogP contribution >= 0.6 is 0 Å². The summed E-state index contributed by atoms with van der Waals surface area (Å²) in [6.45, 7) is 2.02. The largest absolute Gasteiger partial charge is 0.466 e. The fourth-order valence-corrected chi connectivity index (χ4v) is 1.48. The Balaban J connectivity index is 2.23. The number of hydrogen-bond donors (Lipinski definition) is 0. The summed E-state index contributed by atoms with van der Waals surface area (Å²) in [5.74, 6) is 2.24. The molecule has 0 radical (unpaired) electrons. The van der Waals surface area contributed by atoms with Crippen molar-refractivity contribution in [2.75, 3.05) is 0 Å². The molecule has 1 heteroatoms. The van der Waals surface area contributed by atoms with Crippen LogP contribution in [0.4, 0.5) is 0 Å². The highest BCUT2D eigenvalue weighted by atomic mass is 16.5. The van der Waals surface area contributed by atoms with E-state index in [4.69, 9.17) is 4.74 Å². The lowest BCUT2D eigenvalue weighted by atomic mass is 10.0. The van der Waals surface area contributed by atoms with Crippen molar-refractivity contribution in [3.63, 3.8) is 0 Å². The molecule has 0 atom stereocenters. The Kier molecular flexibility index (Phi) is 1.57. The minimum absolute atomic E-state index is 1.05. The summed E-state index contributed by atoms with van der Waals surface area (Å²) in [7, 11) is 0. The molecule has 0 saturated heterocycles. The Morgan fingerprint density at radius 2 is 2.36 bits per heavy atom. The van der Waals surface area contributed by atoms with Crippen LogP contribution in [0.1, 0.15) is 26.2 Å². The molecular weight excluding hydrogens is 136 g/mol. The van der Waals surface area contributed by atoms with Gasteiger partial charge in [0.2, 0.25) is 0 Å². The van der Waals surface area contributed by atoms with Gasteiger partial charge in [0, 0.05) is 6.42 Å². The van der Waals surface area contributed by atoms with Crippen LogP contribution in [0, 0.1) is 0 Å². The van der Waals surface area contributed by atoms with E-state index in [9.17, 15) is 0 Å². The van der Waals surface area contributed by atoms with Crippen LogP contribution in [0.2, 0.25) is 0 Å². The van der Waals surface area contributed by atoms with Gasteiger partial charge in [-0.05, 0) is 31.4 Å². The van der Waals surface area contributed by atoms with Gasteiger partial charge in [-0.3, -0.25) is 0 Å². The minimum Gasteiger partial charge on any atom is -0.466 e. The van der Waals surface area contributed by atoms with Crippen molar-refractivity contribution in [2.24, 2.45) is 0 Å². The molecular formula is C10H12O. The second kappa shape index (κ2) is 2.57. The molecule has 2 rings (SSSR count). The van der Waals surface area contributed by atoms with Gasteiger partial charge in [0.1, 0.15) is 5.76 Å². The van der Waals surface area contributed by atoms with Crippen LogP contribution in [0.25, 0.3) is 0 Å². The number of hydrogen-bond acceptors (Lipinski definition) is 1. The molecule has 2 aliphatic rings. The normalized spacial score (nSPS) is 22.5. The van der Waals surface area contributed by atoms with E-state index in [1.807, 2.05) is 6.92 Å². The van der Waals surface area contributed by atoms with E-state index >= 15 is 0 Å². The molecule has 58 valence electrons. The highest BCUT2D eigenvalue weighted by Gasteiger charge is 2.13. The fraction of sp³-hybridized carbons (Fsp3) is 0.400. The predicted octanol–water partition coefficient (Wildman–Crippen LogP) is 2.91. The van der Waals surface area contributed by atoms with E-state index in [-0.39, 0.29) is 0 Å². The Hall–Kier alpha value is -0.980. The van der Waals surface area contributed by atoms with Gasteiger partial charge in [0.15, 0.2) is 0 Å². The molecule has 0 N–H and O–H groups in total. The lowest BCUT2D eigenvalue weighted by Crippen LogP contribution is -2.03. The van der Waals surface area contributed by atoms with E-state index in [0.29, 0.717) is 0 Å². The van der Waals surface area contributed by atoms with Crippen molar-refractivity contribution in [2.45, 2.75) is 26.2 Å². The van der Waals surface area contributed by atoms with Crippen molar-refractivity contribution >= 4 is 0 Å². The zero-order valence-corrected chi connectivity index (χ0v) is 6.76. The third-order valence-electron chi connectivity index (χ3n) is 2.11. The molecule has 11 heavy (non-hydrogen) atoms. The first kappa shape index (κ1) is 6.71. The average Bonchev–Trinajstić information content (AvgIpc) is 2.04. The molecule has 1 nitrogen and oxygen atoms in total. The Morgan fingerprint density at radius 3 is 3.27 bits per heavy atom. The molecule has 1 aliphatic heterocycles. The molecule has 1 aliphatic carbocycles. The van der Waals surface area contributed by atoms with Crippen molar-refractivity contribution in [1.82, 2.24) is 0 Å². The number of allylic oxidation sites excluding steroid dienone is 6. The van der Waals surface area contributed by atoms with E-state index < -0.39 is 0 Å². The molecule has 0 saturated carbocycles. The molecule has 0 aromatic rings. The SMILES string of the molecule is CC1=CCC2=C(CCC=C2)O1. The summed E-state index contributed by atoms with van der Waals surface area (Å²) in [5, 5.41) is 0. The van der Waals surface area contributed by atoms with Crippen molar-refractivity contribution in [1.29, 1.82) is 0 Å². The molecule has 0 unspecified atom stereocenters. The van der Waals surface area contributed by atoms with Gasteiger partial charge >= 0.3 is 0 Å². The molecule has 0 aromatic carbocycles. The topological polar surface area (TPSA) is 9.23 Å². The van der Waals surface area contributed by atoms with E-state index in [1.54, 1.807) is 0 Å². The quantitative estimate of drug-likeness (QED) is 0.513. The highest BCUT2D eigenvalue weighted by molar-refractivity contribution is 5.31. The molecule has 0 bridgehead atoms. The zero-order chi connectivity index (χ0) is 7.68. The van der Waals surface area contributed by atoms with Crippen LogP contribution in [0.3, 0.4) is 0 Å². The van der Waals surface area contributed by atoms with Crippen molar-refractivity contribution in [3.05, 3.63) is 35.3 Å². The Bertz CT molecular complexity index is 256. The third kappa shape index (κ3) is 1.23. The van der Waals surface area contributed by atoms with Gasteiger partial charge in [-0.25, -0.2) is 0 Å². The van der Waals surface area contributed by atoms with Crippen molar-refractivity contribution in [3.8, 4) is 0 Å². The Labute approximate surface area is 67.1 Å². The zero-order valence-electron chi connectivity index (χ0n) is 6.76. The fourth-order valence-electron chi connectivity index (χ4n) is 1.48. The van der Waals surface area contributed by atoms with Crippen LogP contribution in [0.5, 0.6) is 0 Å². The first-order chi connectivity index (χ1) is 5.36. The maximum Gasteiger partial charge on any atom is 0.107 e. The number of ether oxygens (including phenoxy) is 1. The molecule has 0 fully saturated rings. The van der Waals surface area contributed by atoms with Gasteiger partial charge in [-0.2, -0.15) is 0 Å². The monoisotopic (exact) mass is 148 g/mol. The first-order valence-corrected chi connectivity index (χ1v) is 4.09. The maximum absolute atomic E-state index is 5.58. The third-order valence-corrected chi connectivity index (χ3v) is 2.11. The average molecular weight is 148 g/mol. The molecule has 1 heterocycles. The first-order valence-electron chi connectivity index (χ1n) is 4.09. The van der Waals surface area contributed by atoms with E-state index in [2.05, 4.69) is 18.2 Å². The summed E-state index contributed by atoms with van der Waals surface area (Å²) in [5.41, 5.74) is 1.36. The summed E-state index contributed by atoms with van der Waals surface area (Å²) in [6.07, 6.45) is 9.80. The van der Waals surface area contributed by atoms with Gasteiger partial charge in [-0.1, -0.05) is 12.2 Å². The molecule has 0 aromatic heterocycles. The Morgan fingerprint density at radius 1 is 1.45 bits per heavy atom. The van der Waals surface area contributed by atoms with E-state index in [0.717, 1.165) is 25.0 Å². The standard InChI is InChI=1S/C10H12O/c1-8-6-7-9-4-2-3-5-10(9)11-8/h2,4,6H,3,5,7H2,1H3. The second-order valence-corrected chi connectivity index (χ2v) is 3.01. The van der Waals surface area contributed by atoms with Crippen LogP contribution in [0.15, 0.2) is 35.3 Å². The van der Waals surface area contributed by atoms with Crippen LogP contribution in [-0.4, -0.2) is 0 Å². The van der Waals surface area contributed by atoms with E-state index in [1.165, 1.54) is 11.3 Å². The number of rotatable bonds is 0. The highest BCUT2D eigenvalue weighted by Crippen LogP contribution is 2.28. The van der Waals surface area contributed by atoms with Gasteiger partial charge in [0.05, 0.1) is 5.76 Å². The van der Waals surface area contributed by atoms with Crippen molar-refractivity contribution < 1.29 is 4.74 Å². The minimum atomic E-state index is 1.05. The summed E-state index contributed by atoms with van der Waals surface area (Å²) < 4.78 is 5.58. The predicted molar refractivity (Wildman–Crippen MR) is 44.9 cm³/mol. The smallest absolute Gasteiger partial charge is 0.107 e. The molecule has 0 amide bonds. The lowest BCUT2D eigenvalue weighted by Gasteiger charge is -2.20. The maximum atomic E-state index is 5.58. The summed E-state index contributed by atoms with van der Waals surface area (Å²) in [4.78, 5) is 0. The summed E-state index contributed by atoms with van der Waals surface area (Å²) in [6, 6.07) is 0. The van der Waals surface area contributed by atoms with Gasteiger partial charge in [-0.15, -0.1) is 0 Å². The second-order valence-electron chi connectivity index (χ2n) is 3.01. The van der Waals surface area contributed by atoms with Crippen LogP contribution in [-0.2, 0) is 4.74 Å². The van der Waals surface area contributed by atoms with Gasteiger partial charge < -0.3 is 4.74 Å². The van der Waals surface area contributed by atoms with Gasteiger partial charge in [0.25, 0.3) is 0 Å². The molecule has 0 spiro atoms. The summed E-state index contributed by atoms with van der Waals surface area (Å²) >= 11 is 0.